The van der Waals surface area contributed by atoms with Gasteiger partial charge in [0.15, 0.2) is 11.9 Å². The van der Waals surface area contributed by atoms with E-state index in [1.807, 2.05) is 18.2 Å². The Morgan fingerprint density at radius 2 is 2.06 bits per heavy atom. The third kappa shape index (κ3) is 3.03. The number of fused-ring (bicyclic) bond motifs is 3. The smallest absolute Gasteiger partial charge is 0.221 e. The highest BCUT2D eigenvalue weighted by Crippen LogP contribution is 2.47. The van der Waals surface area contributed by atoms with Crippen molar-refractivity contribution in [2.45, 2.75) is 38.3 Å². The van der Waals surface area contributed by atoms with E-state index in [1.165, 1.54) is 0 Å². The molecular formula is C23H21ClN4O3. The molecule has 6 rings (SSSR count). The molecule has 2 atom stereocenters. The zero-order valence-corrected chi connectivity index (χ0v) is 17.5. The molecule has 0 radical (unpaired) electrons. The molecule has 0 spiro atoms. The van der Waals surface area contributed by atoms with Gasteiger partial charge in [-0.3, -0.25) is 9.78 Å². The van der Waals surface area contributed by atoms with Gasteiger partial charge in [-0.15, -0.1) is 0 Å². The van der Waals surface area contributed by atoms with Crippen molar-refractivity contribution in [2.24, 2.45) is 11.7 Å². The predicted molar refractivity (Wildman–Crippen MR) is 114 cm³/mol. The van der Waals surface area contributed by atoms with Gasteiger partial charge >= 0.3 is 0 Å². The maximum absolute atomic E-state index is 11.8. The van der Waals surface area contributed by atoms with E-state index >= 15 is 0 Å². The first-order chi connectivity index (χ1) is 15.1. The maximum Gasteiger partial charge on any atom is 0.221 e. The van der Waals surface area contributed by atoms with Gasteiger partial charge in [0.25, 0.3) is 0 Å². The van der Waals surface area contributed by atoms with E-state index in [0.29, 0.717) is 24.3 Å². The van der Waals surface area contributed by atoms with E-state index in [-0.39, 0.29) is 17.9 Å². The number of nitrogens with zero attached hydrogens (tertiary/aromatic N) is 2. The first-order valence-electron chi connectivity index (χ1n) is 10.5. The molecule has 0 saturated carbocycles. The largest absolute Gasteiger partial charge is 0.481 e. The van der Waals surface area contributed by atoms with Crippen molar-refractivity contribution in [1.29, 1.82) is 0 Å². The Balaban J connectivity index is 1.41. The molecule has 1 aliphatic carbocycles. The van der Waals surface area contributed by atoms with Gasteiger partial charge in [-0.05, 0) is 35.7 Å². The van der Waals surface area contributed by atoms with E-state index in [9.17, 15) is 4.79 Å². The van der Waals surface area contributed by atoms with Crippen LogP contribution in [0.2, 0.25) is 5.02 Å². The lowest BCUT2D eigenvalue weighted by atomic mass is 9.95. The van der Waals surface area contributed by atoms with E-state index in [2.05, 4.69) is 15.5 Å². The van der Waals surface area contributed by atoms with Crippen LogP contribution < -0.4 is 15.8 Å². The molecule has 2 aromatic heterocycles. The number of nitrogens with one attached hydrogen (secondary N) is 1. The van der Waals surface area contributed by atoms with E-state index in [1.54, 1.807) is 6.20 Å². The number of hydrogen-bond donors (Lipinski definition) is 2. The molecule has 3 aromatic rings. The highest BCUT2D eigenvalue weighted by Gasteiger charge is 2.35. The summed E-state index contributed by atoms with van der Waals surface area (Å²) in [7, 11) is 0. The van der Waals surface area contributed by atoms with Crippen molar-refractivity contribution in [3.63, 3.8) is 0 Å². The first kappa shape index (κ1) is 18.8. The predicted octanol–water partition coefficient (Wildman–Crippen LogP) is 2.91. The van der Waals surface area contributed by atoms with Crippen LogP contribution in [0.1, 0.15) is 39.9 Å². The summed E-state index contributed by atoms with van der Waals surface area (Å²) in [6.07, 6.45) is 4.22. The Hall–Kier alpha value is -2.90. The number of nitrogens with two attached hydrogens (primary N) is 1. The average Bonchev–Trinajstić information content (AvgIpc) is 3.48. The number of pyridine rings is 1. The minimum absolute atomic E-state index is 0.224. The van der Waals surface area contributed by atoms with Crippen LogP contribution in [0, 0.1) is 5.92 Å². The molecule has 31 heavy (non-hydrogen) atoms. The summed E-state index contributed by atoms with van der Waals surface area (Å²) in [4.78, 5) is 16.3. The Kier molecular flexibility index (Phi) is 4.30. The molecule has 2 unspecified atom stereocenters. The fourth-order valence-corrected chi connectivity index (χ4v) is 5.27. The normalized spacial score (nSPS) is 21.3. The van der Waals surface area contributed by atoms with Crippen molar-refractivity contribution in [2.75, 3.05) is 6.54 Å². The number of benzene rings is 1. The Morgan fingerprint density at radius 3 is 2.94 bits per heavy atom. The molecule has 7 nitrogen and oxygen atoms in total. The molecule has 2 aliphatic heterocycles. The minimum Gasteiger partial charge on any atom is -0.481 e. The van der Waals surface area contributed by atoms with Crippen molar-refractivity contribution in [3.8, 4) is 16.9 Å². The van der Waals surface area contributed by atoms with Gasteiger partial charge in [-0.1, -0.05) is 16.8 Å². The van der Waals surface area contributed by atoms with Gasteiger partial charge in [-0.2, -0.15) is 0 Å². The van der Waals surface area contributed by atoms with Crippen LogP contribution in [-0.2, 0) is 37.0 Å². The molecule has 3 N–H and O–H groups in total. The Morgan fingerprint density at radius 1 is 1.16 bits per heavy atom. The fourth-order valence-electron chi connectivity index (χ4n) is 5.03. The van der Waals surface area contributed by atoms with Crippen LogP contribution in [-0.4, -0.2) is 22.6 Å². The summed E-state index contributed by atoms with van der Waals surface area (Å²) in [6, 6.07) is 5.84. The molecule has 8 heteroatoms. The molecule has 0 fully saturated rings. The maximum atomic E-state index is 11.8. The molecule has 4 heterocycles. The van der Waals surface area contributed by atoms with E-state index in [0.717, 1.165) is 70.2 Å². The number of amides is 1. The number of ether oxygens (including phenoxy) is 1. The third-order valence-corrected chi connectivity index (χ3v) is 6.77. The number of primary amides is 1. The molecule has 158 valence electrons. The first-order valence-corrected chi connectivity index (χ1v) is 10.9. The van der Waals surface area contributed by atoms with Crippen LogP contribution in [0.4, 0.5) is 0 Å². The van der Waals surface area contributed by atoms with Crippen molar-refractivity contribution < 1.29 is 14.1 Å². The quantitative estimate of drug-likeness (QED) is 0.654. The Labute approximate surface area is 183 Å². The van der Waals surface area contributed by atoms with Crippen LogP contribution in [0.5, 0.6) is 5.75 Å². The Bertz CT molecular complexity index is 1220. The molecule has 0 saturated heterocycles. The van der Waals surface area contributed by atoms with Crippen molar-refractivity contribution in [1.82, 2.24) is 15.5 Å². The second-order valence-electron chi connectivity index (χ2n) is 8.44. The van der Waals surface area contributed by atoms with Crippen LogP contribution >= 0.6 is 11.6 Å². The van der Waals surface area contributed by atoms with Gasteiger partial charge in [0, 0.05) is 71.9 Å². The van der Waals surface area contributed by atoms with Gasteiger partial charge in [0.1, 0.15) is 5.75 Å². The second kappa shape index (κ2) is 7.07. The van der Waals surface area contributed by atoms with E-state index in [4.69, 9.17) is 26.6 Å². The second-order valence-corrected chi connectivity index (χ2v) is 8.88. The average molecular weight is 437 g/mol. The zero-order valence-electron chi connectivity index (χ0n) is 16.8. The molecule has 1 aromatic carbocycles. The number of rotatable bonds is 3. The number of carbonyl (C=O) groups is 1. The van der Waals surface area contributed by atoms with Gasteiger partial charge < -0.3 is 20.3 Å². The van der Waals surface area contributed by atoms with Gasteiger partial charge in [0.05, 0.1) is 5.69 Å². The lowest BCUT2D eigenvalue weighted by molar-refractivity contribution is -0.121. The molecule has 3 aliphatic rings. The molecular weight excluding hydrogens is 416 g/mol. The minimum atomic E-state index is -0.291. The summed E-state index contributed by atoms with van der Waals surface area (Å²) in [6.45, 7) is 1.65. The third-order valence-electron chi connectivity index (χ3n) is 6.56. The zero-order chi connectivity index (χ0) is 21.1. The number of hydrogen-bond acceptors (Lipinski definition) is 6. The van der Waals surface area contributed by atoms with E-state index < -0.39 is 0 Å². The SMILES string of the molecule is NC(=O)C1Cc2nccc(-c3cc(Cl)cc4c3OC(c3onc5c3CNCC5)C4)c2C1. The topological polar surface area (TPSA) is 103 Å². The summed E-state index contributed by atoms with van der Waals surface area (Å²) in [5, 5.41) is 8.29. The van der Waals surface area contributed by atoms with Crippen molar-refractivity contribution >= 4 is 17.5 Å². The summed E-state index contributed by atoms with van der Waals surface area (Å²) < 4.78 is 12.2. The summed E-state index contributed by atoms with van der Waals surface area (Å²) in [5.74, 6) is 1.08. The van der Waals surface area contributed by atoms with Crippen LogP contribution in [0.3, 0.4) is 0 Å². The fraction of sp³-hybridized carbons (Fsp3) is 0.348. The number of aromatic nitrogens is 2. The van der Waals surface area contributed by atoms with Crippen LogP contribution in [0.25, 0.3) is 11.1 Å². The monoisotopic (exact) mass is 436 g/mol. The standard InChI is InChI=1S/C23H21ClN4O3/c24-13-5-11-8-20(22-17-10-26-3-2-18(17)28-31-22)30-21(11)16(9-13)14-1-4-27-19-7-12(23(25)29)6-15(14)19/h1,4-5,9,12,20,26H,2-3,6-8,10H2,(H2,25,29). The highest BCUT2D eigenvalue weighted by atomic mass is 35.5. The molecule has 1 amide bonds. The van der Waals surface area contributed by atoms with Crippen LogP contribution in [0.15, 0.2) is 28.9 Å². The lowest BCUT2D eigenvalue weighted by Gasteiger charge is -2.16. The lowest BCUT2D eigenvalue weighted by Crippen LogP contribution is -2.24. The van der Waals surface area contributed by atoms with Gasteiger partial charge in [0.2, 0.25) is 5.91 Å². The summed E-state index contributed by atoms with van der Waals surface area (Å²) >= 11 is 6.51. The van der Waals surface area contributed by atoms with Gasteiger partial charge in [-0.25, -0.2) is 0 Å². The highest BCUT2D eigenvalue weighted by molar-refractivity contribution is 6.31. The number of halogens is 1. The summed E-state index contributed by atoms with van der Waals surface area (Å²) in [5.41, 5.74) is 12.6. The molecule has 0 bridgehead atoms. The van der Waals surface area contributed by atoms with Crippen molar-refractivity contribution in [3.05, 3.63) is 63.3 Å². The number of carbonyl (C=O) groups excluding carboxylic acids is 1.